The van der Waals surface area contributed by atoms with Gasteiger partial charge in [-0.2, -0.15) is 0 Å². The van der Waals surface area contributed by atoms with E-state index in [-0.39, 0.29) is 11.0 Å². The van der Waals surface area contributed by atoms with Crippen LogP contribution in [0.25, 0.3) is 0 Å². The molecule has 3 heteroatoms. The van der Waals surface area contributed by atoms with Crippen LogP contribution in [0.3, 0.4) is 0 Å². The predicted octanol–water partition coefficient (Wildman–Crippen LogP) is 2.67. The average molecular weight is 256 g/mol. The van der Waals surface area contributed by atoms with E-state index in [2.05, 4.69) is 4.98 Å². The molecule has 3 nitrogen and oxygen atoms in total. The van der Waals surface area contributed by atoms with Crippen molar-refractivity contribution in [3.8, 4) is 0 Å². The second-order valence-corrected chi connectivity index (χ2v) is 5.86. The molecule has 0 saturated carbocycles. The van der Waals surface area contributed by atoms with Crippen LogP contribution in [0.4, 0.5) is 0 Å². The van der Waals surface area contributed by atoms with E-state index in [9.17, 15) is 4.79 Å². The van der Waals surface area contributed by atoms with Gasteiger partial charge in [0.1, 0.15) is 5.82 Å². The third-order valence-electron chi connectivity index (χ3n) is 3.28. The van der Waals surface area contributed by atoms with Crippen LogP contribution in [0.5, 0.6) is 0 Å². The maximum atomic E-state index is 12.3. The molecule has 0 saturated heterocycles. The molecule has 100 valence electrons. The van der Waals surface area contributed by atoms with Gasteiger partial charge in [0.15, 0.2) is 0 Å². The first-order chi connectivity index (χ1) is 8.89. The number of hydrogen-bond acceptors (Lipinski definition) is 2. The van der Waals surface area contributed by atoms with Gasteiger partial charge in [-0.25, -0.2) is 4.98 Å². The van der Waals surface area contributed by atoms with Gasteiger partial charge in [0.05, 0.1) is 0 Å². The summed E-state index contributed by atoms with van der Waals surface area (Å²) in [6.45, 7) is 6.09. The van der Waals surface area contributed by atoms with Crippen LogP contribution in [0, 0.1) is 0 Å². The lowest BCUT2D eigenvalue weighted by Gasteiger charge is -2.19. The van der Waals surface area contributed by atoms with Crippen molar-refractivity contribution in [1.29, 1.82) is 0 Å². The lowest BCUT2D eigenvalue weighted by atomic mass is 9.89. The third-order valence-corrected chi connectivity index (χ3v) is 3.28. The number of rotatable bonds is 2. The molecular weight excluding hydrogens is 236 g/mol. The molecule has 1 aromatic carbocycles. The van der Waals surface area contributed by atoms with Gasteiger partial charge in [0.2, 0.25) is 0 Å². The van der Waals surface area contributed by atoms with Crippen molar-refractivity contribution in [2.24, 2.45) is 7.05 Å². The van der Waals surface area contributed by atoms with Crippen LogP contribution in [-0.2, 0) is 18.9 Å². The van der Waals surface area contributed by atoms with Gasteiger partial charge in [-0.1, -0.05) is 51.1 Å². The molecule has 0 aliphatic rings. The number of hydrogen-bond donors (Lipinski definition) is 0. The molecule has 0 aliphatic heterocycles. The summed E-state index contributed by atoms with van der Waals surface area (Å²) in [6.07, 6.45) is 2.40. The first-order valence-electron chi connectivity index (χ1n) is 6.49. The summed E-state index contributed by atoms with van der Waals surface area (Å²) < 4.78 is 1.66. The Balaban J connectivity index is 2.40. The van der Waals surface area contributed by atoms with Gasteiger partial charge in [-0.3, -0.25) is 9.36 Å². The van der Waals surface area contributed by atoms with E-state index in [1.807, 2.05) is 51.1 Å². The molecule has 19 heavy (non-hydrogen) atoms. The van der Waals surface area contributed by atoms with Crippen molar-refractivity contribution in [3.05, 3.63) is 63.8 Å². The number of nitrogens with zero attached hydrogens (tertiary/aromatic N) is 2. The maximum absolute atomic E-state index is 12.3. The Labute approximate surface area is 113 Å². The van der Waals surface area contributed by atoms with Gasteiger partial charge >= 0.3 is 0 Å². The highest BCUT2D eigenvalue weighted by Crippen LogP contribution is 2.18. The van der Waals surface area contributed by atoms with Crippen molar-refractivity contribution in [3.63, 3.8) is 0 Å². The zero-order valence-electron chi connectivity index (χ0n) is 12.0. The highest BCUT2D eigenvalue weighted by Gasteiger charge is 2.20. The summed E-state index contributed by atoms with van der Waals surface area (Å²) in [5.41, 5.74) is 1.79. The molecular formula is C16H20N2O. The Morgan fingerprint density at radius 1 is 1.16 bits per heavy atom. The summed E-state index contributed by atoms with van der Waals surface area (Å²) in [4.78, 5) is 16.8. The molecule has 0 fully saturated rings. The monoisotopic (exact) mass is 256 g/mol. The topological polar surface area (TPSA) is 34.9 Å². The van der Waals surface area contributed by atoms with Crippen molar-refractivity contribution in [2.45, 2.75) is 32.6 Å². The zero-order valence-corrected chi connectivity index (χ0v) is 12.0. The molecule has 2 aromatic rings. The summed E-state index contributed by atoms with van der Waals surface area (Å²) in [5.74, 6) is 0.796. The predicted molar refractivity (Wildman–Crippen MR) is 77.4 cm³/mol. The second kappa shape index (κ2) is 5.00. The lowest BCUT2D eigenvalue weighted by Crippen LogP contribution is -2.31. The molecule has 0 unspecified atom stereocenters. The van der Waals surface area contributed by atoms with E-state index in [0.29, 0.717) is 6.42 Å². The minimum atomic E-state index is -0.173. The highest BCUT2D eigenvalue weighted by molar-refractivity contribution is 5.22. The Bertz CT molecular complexity index is 621. The number of aromatic nitrogens is 2. The quantitative estimate of drug-likeness (QED) is 0.828. The molecule has 0 atom stereocenters. The van der Waals surface area contributed by atoms with Crippen LogP contribution >= 0.6 is 0 Å². The van der Waals surface area contributed by atoms with Gasteiger partial charge < -0.3 is 0 Å². The fourth-order valence-electron chi connectivity index (χ4n) is 2.04. The first-order valence-corrected chi connectivity index (χ1v) is 6.49. The van der Waals surface area contributed by atoms with Crippen LogP contribution in [-0.4, -0.2) is 9.55 Å². The zero-order chi connectivity index (χ0) is 14.0. The van der Waals surface area contributed by atoms with E-state index >= 15 is 0 Å². The Morgan fingerprint density at radius 2 is 1.79 bits per heavy atom. The van der Waals surface area contributed by atoms with Crippen molar-refractivity contribution < 1.29 is 0 Å². The van der Waals surface area contributed by atoms with E-state index in [1.165, 1.54) is 0 Å². The number of benzene rings is 1. The van der Waals surface area contributed by atoms with Crippen LogP contribution in [0.1, 0.15) is 37.7 Å². The van der Waals surface area contributed by atoms with E-state index < -0.39 is 0 Å². The summed E-state index contributed by atoms with van der Waals surface area (Å²) in [7, 11) is 1.79. The summed E-state index contributed by atoms with van der Waals surface area (Å²) in [5, 5.41) is 0. The van der Waals surface area contributed by atoms with Crippen LogP contribution < -0.4 is 5.56 Å². The molecule has 0 N–H and O–H groups in total. The van der Waals surface area contributed by atoms with E-state index in [0.717, 1.165) is 17.0 Å². The van der Waals surface area contributed by atoms with Gasteiger partial charge in [-0.05, 0) is 11.0 Å². The molecule has 1 aromatic heterocycles. The summed E-state index contributed by atoms with van der Waals surface area (Å²) >= 11 is 0. The average Bonchev–Trinajstić information content (AvgIpc) is 2.35. The minimum Gasteiger partial charge on any atom is -0.299 e. The molecule has 1 heterocycles. The third kappa shape index (κ3) is 2.92. The Kier molecular flexibility index (Phi) is 3.56. The van der Waals surface area contributed by atoms with Crippen LogP contribution in [0.2, 0.25) is 0 Å². The molecule has 0 aliphatic carbocycles. The first kappa shape index (κ1) is 13.5. The molecule has 0 radical (unpaired) electrons. The lowest BCUT2D eigenvalue weighted by molar-refractivity contribution is 0.562. The van der Waals surface area contributed by atoms with E-state index in [1.54, 1.807) is 17.8 Å². The molecule has 0 bridgehead atoms. The van der Waals surface area contributed by atoms with Gasteiger partial charge in [-0.15, -0.1) is 0 Å². The van der Waals surface area contributed by atoms with Crippen molar-refractivity contribution in [2.75, 3.05) is 0 Å². The van der Waals surface area contributed by atoms with Gasteiger partial charge in [0.25, 0.3) is 5.56 Å². The standard InChI is InChI=1S/C16H20N2O/c1-16(2,3)13-11-17-14(18(4)15(13)19)10-12-8-6-5-7-9-12/h5-9,11H,10H2,1-4H3. The normalized spacial score (nSPS) is 11.6. The largest absolute Gasteiger partial charge is 0.299 e. The second-order valence-electron chi connectivity index (χ2n) is 5.86. The smallest absolute Gasteiger partial charge is 0.256 e. The maximum Gasteiger partial charge on any atom is 0.256 e. The van der Waals surface area contributed by atoms with Crippen molar-refractivity contribution >= 4 is 0 Å². The Hall–Kier alpha value is -1.90. The van der Waals surface area contributed by atoms with E-state index in [4.69, 9.17) is 0 Å². The fourth-order valence-corrected chi connectivity index (χ4v) is 2.04. The molecule has 0 spiro atoms. The molecule has 0 amide bonds. The summed E-state index contributed by atoms with van der Waals surface area (Å²) in [6, 6.07) is 10.1. The highest BCUT2D eigenvalue weighted by atomic mass is 16.1. The fraction of sp³-hybridized carbons (Fsp3) is 0.375. The molecule has 2 rings (SSSR count). The SMILES string of the molecule is Cn1c(Cc2ccccc2)ncc(C(C)(C)C)c1=O. The van der Waals surface area contributed by atoms with Gasteiger partial charge in [0, 0.05) is 25.2 Å². The van der Waals surface area contributed by atoms with Crippen LogP contribution in [0.15, 0.2) is 41.3 Å². The minimum absolute atomic E-state index is 0.0495. The van der Waals surface area contributed by atoms with Crippen molar-refractivity contribution in [1.82, 2.24) is 9.55 Å². The Morgan fingerprint density at radius 3 is 2.37 bits per heavy atom.